The van der Waals surface area contributed by atoms with Crippen molar-refractivity contribution in [1.29, 1.82) is 0 Å². The number of allylic oxidation sites excluding steroid dienone is 3. The first-order valence-corrected chi connectivity index (χ1v) is 18.9. The van der Waals surface area contributed by atoms with Crippen molar-refractivity contribution in [3.05, 3.63) is 82.5 Å². The van der Waals surface area contributed by atoms with E-state index in [9.17, 15) is 9.59 Å². The molecule has 2 saturated carbocycles. The molecule has 0 bridgehead atoms. The number of ketones is 1. The lowest BCUT2D eigenvalue weighted by Crippen LogP contribution is -2.54. The number of hydrogen-bond acceptors (Lipinski definition) is 4. The van der Waals surface area contributed by atoms with E-state index in [2.05, 4.69) is 81.1 Å². The van der Waals surface area contributed by atoms with Crippen LogP contribution >= 0.6 is 0 Å². The van der Waals surface area contributed by atoms with E-state index in [1.807, 2.05) is 6.08 Å². The molecule has 1 amide bonds. The number of amides is 1. The first-order chi connectivity index (χ1) is 23.2. The van der Waals surface area contributed by atoms with Gasteiger partial charge in [-0.1, -0.05) is 86.0 Å². The lowest BCUT2D eigenvalue weighted by molar-refractivity contribution is -0.116. The largest absolute Gasteiger partial charge is 0.448 e. The fourth-order valence-electron chi connectivity index (χ4n) is 12.2. The monoisotopic (exact) mass is 645 g/mol. The van der Waals surface area contributed by atoms with Gasteiger partial charge in [-0.2, -0.15) is 0 Å². The summed E-state index contributed by atoms with van der Waals surface area (Å²) in [4.78, 5) is 28.5. The van der Waals surface area contributed by atoms with Crippen LogP contribution in [0.3, 0.4) is 0 Å². The zero-order valence-electron chi connectivity index (χ0n) is 29.2. The summed E-state index contributed by atoms with van der Waals surface area (Å²) in [5.74, 6) is 2.99. The van der Waals surface area contributed by atoms with Crippen LogP contribution in [0.25, 0.3) is 11.1 Å². The second kappa shape index (κ2) is 11.2. The number of rotatable bonds is 2. The molecule has 2 aliphatic heterocycles. The van der Waals surface area contributed by atoms with Crippen LogP contribution in [-0.2, 0) is 14.3 Å². The van der Waals surface area contributed by atoms with Gasteiger partial charge < -0.3 is 14.4 Å². The molecule has 9 rings (SSSR count). The van der Waals surface area contributed by atoms with Gasteiger partial charge in [-0.25, -0.2) is 4.79 Å². The Hall–Kier alpha value is -3.18. The fourth-order valence-corrected chi connectivity index (χ4v) is 12.2. The van der Waals surface area contributed by atoms with E-state index in [-0.39, 0.29) is 41.1 Å². The molecule has 0 aromatic heterocycles. The van der Waals surface area contributed by atoms with Gasteiger partial charge >= 0.3 is 6.09 Å². The van der Waals surface area contributed by atoms with Gasteiger partial charge in [-0.3, -0.25) is 4.79 Å². The maximum atomic E-state index is 14.1. The molecule has 9 atom stereocenters. The molecule has 2 saturated heterocycles. The maximum Gasteiger partial charge on any atom is 0.410 e. The van der Waals surface area contributed by atoms with Crippen molar-refractivity contribution in [3.63, 3.8) is 0 Å². The summed E-state index contributed by atoms with van der Waals surface area (Å²) in [6.07, 6.45) is 11.3. The Labute approximate surface area is 286 Å². The van der Waals surface area contributed by atoms with Gasteiger partial charge in [0, 0.05) is 24.8 Å². The van der Waals surface area contributed by atoms with E-state index in [1.165, 1.54) is 47.1 Å². The maximum absolute atomic E-state index is 14.1. The van der Waals surface area contributed by atoms with Crippen molar-refractivity contribution in [2.45, 2.75) is 109 Å². The van der Waals surface area contributed by atoms with Gasteiger partial charge in [0.2, 0.25) is 0 Å². The van der Waals surface area contributed by atoms with Gasteiger partial charge in [-0.05, 0) is 116 Å². The zero-order valence-corrected chi connectivity index (χ0v) is 29.2. The highest BCUT2D eigenvalue weighted by molar-refractivity contribution is 5.91. The molecule has 0 radical (unpaired) electrons. The van der Waals surface area contributed by atoms with E-state index in [0.29, 0.717) is 42.5 Å². The molecular formula is C43H51NO4. The Morgan fingerprint density at radius 3 is 2.48 bits per heavy atom. The van der Waals surface area contributed by atoms with Crippen molar-refractivity contribution in [1.82, 2.24) is 4.90 Å². The summed E-state index contributed by atoms with van der Waals surface area (Å²) in [6, 6.07) is 17.1. The number of fused-ring (bicyclic) bond motifs is 9. The molecule has 2 heterocycles. The van der Waals surface area contributed by atoms with Gasteiger partial charge in [-0.15, -0.1) is 0 Å². The van der Waals surface area contributed by atoms with Crippen LogP contribution in [-0.4, -0.2) is 47.7 Å². The Bertz CT molecular complexity index is 1690. The number of ether oxygens (including phenoxy) is 2. The third-order valence-electron chi connectivity index (χ3n) is 14.6. The van der Waals surface area contributed by atoms with Crippen molar-refractivity contribution in [3.8, 4) is 11.1 Å². The predicted molar refractivity (Wildman–Crippen MR) is 187 cm³/mol. The number of carbonyl (C=O) groups excluding carboxylic acids is 2. The van der Waals surface area contributed by atoms with E-state index in [0.717, 1.165) is 38.6 Å². The summed E-state index contributed by atoms with van der Waals surface area (Å²) in [7, 11) is 0. The van der Waals surface area contributed by atoms with Crippen LogP contribution in [0.4, 0.5) is 4.79 Å². The smallest absolute Gasteiger partial charge is 0.410 e. The molecule has 48 heavy (non-hydrogen) atoms. The summed E-state index contributed by atoms with van der Waals surface area (Å²) >= 11 is 0. The van der Waals surface area contributed by atoms with Crippen molar-refractivity contribution in [2.75, 3.05) is 13.2 Å². The van der Waals surface area contributed by atoms with Gasteiger partial charge in [0.25, 0.3) is 0 Å². The van der Waals surface area contributed by atoms with E-state index < -0.39 is 0 Å². The van der Waals surface area contributed by atoms with E-state index in [4.69, 9.17) is 9.47 Å². The molecule has 252 valence electrons. The summed E-state index contributed by atoms with van der Waals surface area (Å²) in [5.41, 5.74) is 9.62. The predicted octanol–water partition coefficient (Wildman–Crippen LogP) is 9.26. The third kappa shape index (κ3) is 4.51. The number of carbonyl (C=O) groups is 2. The standard InChI is InChI=1S/C43H51NO4/c1-25-19-39-40(44(23-25)41(46)47-24-37-32-11-7-5-9-30(32)31-10-6-8-12-33(31)37)27(3)43(48-39)18-16-34-35-14-13-28-20-29(45)15-17-42(28,4)38(35)21-36(34)26(2)22-43/h5-12,20,25,27,34-35,37-40H,13-19,21-24H2,1-4H3/t25-,27+,34-,35-,38-,39+,40-,42-,43-/m0/s1. The minimum atomic E-state index is -0.237. The number of nitrogens with zero attached hydrogens (tertiary/aromatic N) is 1. The Kier molecular flexibility index (Phi) is 7.18. The lowest BCUT2D eigenvalue weighted by atomic mass is 9.56. The van der Waals surface area contributed by atoms with Crippen molar-refractivity contribution >= 4 is 11.9 Å². The van der Waals surface area contributed by atoms with Crippen LogP contribution in [0.15, 0.2) is 71.3 Å². The van der Waals surface area contributed by atoms with Gasteiger partial charge in [0.15, 0.2) is 5.78 Å². The zero-order chi connectivity index (χ0) is 32.9. The first kappa shape index (κ1) is 30.8. The van der Waals surface area contributed by atoms with Crippen molar-refractivity contribution in [2.24, 2.45) is 35.0 Å². The highest BCUT2D eigenvalue weighted by atomic mass is 16.6. The highest BCUT2D eigenvalue weighted by Crippen LogP contribution is 2.64. The van der Waals surface area contributed by atoms with Gasteiger partial charge in [0.05, 0.1) is 17.7 Å². The van der Waals surface area contributed by atoms with Crippen LogP contribution in [0.2, 0.25) is 0 Å². The summed E-state index contributed by atoms with van der Waals surface area (Å²) in [5, 5.41) is 0. The number of benzene rings is 2. The number of likely N-dealkylation sites (tertiary alicyclic amines) is 1. The summed E-state index contributed by atoms with van der Waals surface area (Å²) < 4.78 is 13.5. The molecular weight excluding hydrogens is 594 g/mol. The Balaban J connectivity index is 0.948. The molecule has 2 aromatic rings. The topological polar surface area (TPSA) is 55.8 Å². The molecule has 7 aliphatic rings. The van der Waals surface area contributed by atoms with E-state index >= 15 is 0 Å². The Morgan fingerprint density at radius 1 is 1.00 bits per heavy atom. The van der Waals surface area contributed by atoms with Gasteiger partial charge in [0.1, 0.15) is 6.61 Å². The molecule has 5 nitrogen and oxygen atoms in total. The minimum absolute atomic E-state index is 0.0430. The average Bonchev–Trinajstić information content (AvgIpc) is 3.67. The lowest BCUT2D eigenvalue weighted by Gasteiger charge is -2.48. The van der Waals surface area contributed by atoms with Crippen LogP contribution in [0, 0.1) is 35.0 Å². The van der Waals surface area contributed by atoms with E-state index in [1.54, 1.807) is 11.1 Å². The SMILES string of the molecule is CC1=C2C[C@H]3[C@@H](CCC4=CC(=O)CC[C@@]43C)[C@@H]2CC[C@@]2(C1)O[C@@H]1C[C@H](C)CN(C(=O)OCC3c4ccccc4-c4ccccc43)[C@H]1[C@H]2C. The molecule has 2 aromatic carbocycles. The van der Waals surface area contributed by atoms with Crippen LogP contribution in [0.1, 0.15) is 103 Å². The highest BCUT2D eigenvalue weighted by Gasteiger charge is 2.60. The fraction of sp³-hybridized carbons (Fsp3) is 0.581. The average molecular weight is 646 g/mol. The Morgan fingerprint density at radius 2 is 1.73 bits per heavy atom. The quantitative estimate of drug-likeness (QED) is 0.306. The molecule has 4 fully saturated rings. The number of hydrogen-bond donors (Lipinski definition) is 0. The molecule has 1 spiro atoms. The minimum Gasteiger partial charge on any atom is -0.448 e. The van der Waals surface area contributed by atoms with Crippen LogP contribution < -0.4 is 0 Å². The first-order valence-electron chi connectivity index (χ1n) is 18.9. The second-order valence-electron chi connectivity index (χ2n) is 17.0. The third-order valence-corrected chi connectivity index (χ3v) is 14.6. The molecule has 5 heteroatoms. The molecule has 0 unspecified atom stereocenters. The summed E-state index contributed by atoms with van der Waals surface area (Å²) in [6.45, 7) is 10.6. The molecule has 0 N–H and O–H groups in total. The van der Waals surface area contributed by atoms with Crippen LogP contribution in [0.5, 0.6) is 0 Å². The van der Waals surface area contributed by atoms with Crippen molar-refractivity contribution < 1.29 is 19.1 Å². The molecule has 5 aliphatic carbocycles. The second-order valence-corrected chi connectivity index (χ2v) is 17.0. The number of piperidine rings is 1. The normalized spacial score (nSPS) is 38.4.